The molecule has 5 nitrogen and oxygen atoms in total. The first-order valence-corrected chi connectivity index (χ1v) is 6.82. The number of hydrogen-bond acceptors (Lipinski definition) is 4. The molecule has 2 aromatic rings. The third kappa shape index (κ3) is 2.65. The van der Waals surface area contributed by atoms with E-state index in [4.69, 9.17) is 0 Å². The quantitative estimate of drug-likeness (QED) is 0.902. The molecule has 1 aromatic carbocycles. The number of nitrogens with one attached hydrogen (secondary N) is 1. The van der Waals surface area contributed by atoms with Crippen molar-refractivity contribution in [3.05, 3.63) is 47.9 Å². The molecule has 0 saturated carbocycles. The number of phenols is 1. The minimum atomic E-state index is -4.13. The Morgan fingerprint density at radius 3 is 2.68 bits per heavy atom. The number of phenolic OH excluding ortho intramolecular Hbond substituents is 1. The van der Waals surface area contributed by atoms with Crippen LogP contribution in [0.15, 0.2) is 41.6 Å². The van der Waals surface area contributed by atoms with Gasteiger partial charge in [-0.05, 0) is 31.2 Å². The van der Waals surface area contributed by atoms with Crippen molar-refractivity contribution in [2.75, 3.05) is 4.72 Å². The molecular weight excluding hydrogens is 271 g/mol. The van der Waals surface area contributed by atoms with Gasteiger partial charge in [0.15, 0.2) is 5.82 Å². The monoisotopic (exact) mass is 282 g/mol. The van der Waals surface area contributed by atoms with Crippen LogP contribution in [0.3, 0.4) is 0 Å². The van der Waals surface area contributed by atoms with Crippen molar-refractivity contribution in [1.29, 1.82) is 0 Å². The second-order valence-electron chi connectivity index (χ2n) is 3.85. The van der Waals surface area contributed by atoms with Crippen LogP contribution >= 0.6 is 0 Å². The Labute approximate surface area is 109 Å². The van der Waals surface area contributed by atoms with E-state index in [9.17, 15) is 17.9 Å². The lowest BCUT2D eigenvalue weighted by Gasteiger charge is -2.11. The van der Waals surface area contributed by atoms with Crippen LogP contribution in [-0.4, -0.2) is 18.5 Å². The first-order chi connectivity index (χ1) is 8.92. The lowest BCUT2D eigenvalue weighted by molar-refractivity contribution is 0.471. The molecule has 0 aliphatic heterocycles. The van der Waals surface area contributed by atoms with Gasteiger partial charge in [-0.15, -0.1) is 0 Å². The number of rotatable bonds is 3. The van der Waals surface area contributed by atoms with Crippen LogP contribution in [0, 0.1) is 12.7 Å². The van der Waals surface area contributed by atoms with E-state index in [1.807, 2.05) is 0 Å². The van der Waals surface area contributed by atoms with Crippen LogP contribution < -0.4 is 4.72 Å². The average Bonchev–Trinajstić information content (AvgIpc) is 2.35. The van der Waals surface area contributed by atoms with Crippen LogP contribution in [-0.2, 0) is 10.0 Å². The molecule has 0 spiro atoms. The minimum Gasteiger partial charge on any atom is -0.508 e. The van der Waals surface area contributed by atoms with Crippen molar-refractivity contribution in [2.45, 2.75) is 11.9 Å². The molecule has 0 radical (unpaired) electrons. The zero-order valence-electron chi connectivity index (χ0n) is 9.96. The Balaban J connectivity index is 2.43. The Kier molecular flexibility index (Phi) is 3.39. The number of hydrogen-bond donors (Lipinski definition) is 2. The van der Waals surface area contributed by atoms with E-state index < -0.39 is 20.9 Å². The fourth-order valence-electron chi connectivity index (χ4n) is 1.50. The molecule has 1 heterocycles. The molecule has 0 aliphatic carbocycles. The predicted octanol–water partition coefficient (Wildman–Crippen LogP) is 2.04. The third-order valence-electron chi connectivity index (χ3n) is 2.53. The normalized spacial score (nSPS) is 11.3. The molecule has 1 aromatic heterocycles. The van der Waals surface area contributed by atoms with Gasteiger partial charge in [0.2, 0.25) is 5.03 Å². The van der Waals surface area contributed by atoms with Crippen molar-refractivity contribution in [3.8, 4) is 5.75 Å². The molecule has 0 atom stereocenters. The lowest BCUT2D eigenvalue weighted by atomic mass is 10.2. The van der Waals surface area contributed by atoms with Crippen molar-refractivity contribution in [1.82, 2.24) is 4.98 Å². The summed E-state index contributed by atoms with van der Waals surface area (Å²) in [5, 5.41) is 8.81. The maximum absolute atomic E-state index is 13.4. The number of anilines is 1. The molecule has 100 valence electrons. The summed E-state index contributed by atoms with van der Waals surface area (Å²) in [5.74, 6) is -0.991. The molecular formula is C12H11FN2O3S. The number of benzene rings is 1. The van der Waals surface area contributed by atoms with E-state index in [2.05, 4.69) is 9.71 Å². The van der Waals surface area contributed by atoms with E-state index in [1.54, 1.807) is 6.92 Å². The second-order valence-corrected chi connectivity index (χ2v) is 5.44. The summed E-state index contributed by atoms with van der Waals surface area (Å²) in [6.07, 6.45) is 1.19. The SMILES string of the molecule is Cc1c(O)cccc1NS(=O)(=O)c1ncccc1F. The number of halogens is 1. The first kappa shape index (κ1) is 13.3. The van der Waals surface area contributed by atoms with E-state index in [0.29, 0.717) is 5.56 Å². The van der Waals surface area contributed by atoms with Crippen LogP contribution in [0.2, 0.25) is 0 Å². The Morgan fingerprint density at radius 2 is 2.00 bits per heavy atom. The van der Waals surface area contributed by atoms with Gasteiger partial charge in [-0.2, -0.15) is 8.42 Å². The zero-order valence-corrected chi connectivity index (χ0v) is 10.8. The Hall–Kier alpha value is -2.15. The summed E-state index contributed by atoms with van der Waals surface area (Å²) in [7, 11) is -4.13. The Morgan fingerprint density at radius 1 is 1.26 bits per heavy atom. The highest BCUT2D eigenvalue weighted by Crippen LogP contribution is 2.26. The van der Waals surface area contributed by atoms with E-state index in [-0.39, 0.29) is 11.4 Å². The van der Waals surface area contributed by atoms with Crippen LogP contribution in [0.25, 0.3) is 0 Å². The van der Waals surface area contributed by atoms with E-state index in [1.165, 1.54) is 30.5 Å². The summed E-state index contributed by atoms with van der Waals surface area (Å²) < 4.78 is 39.6. The molecule has 0 saturated heterocycles. The van der Waals surface area contributed by atoms with Gasteiger partial charge in [0.1, 0.15) is 5.75 Å². The third-order valence-corrected chi connectivity index (χ3v) is 3.83. The fraction of sp³-hybridized carbons (Fsp3) is 0.0833. The molecule has 7 heteroatoms. The molecule has 19 heavy (non-hydrogen) atoms. The van der Waals surface area contributed by atoms with Gasteiger partial charge >= 0.3 is 0 Å². The molecule has 0 unspecified atom stereocenters. The minimum absolute atomic E-state index is 0.0540. The number of nitrogens with zero attached hydrogens (tertiary/aromatic N) is 1. The summed E-state index contributed by atoms with van der Waals surface area (Å²) in [5.41, 5.74) is 0.521. The van der Waals surface area contributed by atoms with Crippen LogP contribution in [0.5, 0.6) is 5.75 Å². The smallest absolute Gasteiger partial charge is 0.282 e. The topological polar surface area (TPSA) is 79.3 Å². The summed E-state index contributed by atoms with van der Waals surface area (Å²) in [6.45, 7) is 1.54. The summed E-state index contributed by atoms with van der Waals surface area (Å²) >= 11 is 0. The lowest BCUT2D eigenvalue weighted by Crippen LogP contribution is -2.16. The maximum Gasteiger partial charge on any atom is 0.282 e. The predicted molar refractivity (Wildman–Crippen MR) is 67.8 cm³/mol. The molecule has 0 fully saturated rings. The largest absolute Gasteiger partial charge is 0.508 e. The summed E-state index contributed by atoms with van der Waals surface area (Å²) in [4.78, 5) is 3.51. The summed E-state index contributed by atoms with van der Waals surface area (Å²) in [6, 6.07) is 6.68. The van der Waals surface area contributed by atoms with Crippen molar-refractivity contribution in [2.24, 2.45) is 0 Å². The molecule has 2 rings (SSSR count). The van der Waals surface area contributed by atoms with Gasteiger partial charge < -0.3 is 5.11 Å². The van der Waals surface area contributed by atoms with Crippen molar-refractivity contribution in [3.63, 3.8) is 0 Å². The van der Waals surface area contributed by atoms with Gasteiger partial charge in [-0.1, -0.05) is 6.07 Å². The molecule has 0 aliphatic rings. The molecule has 2 N–H and O–H groups in total. The van der Waals surface area contributed by atoms with Gasteiger partial charge in [-0.25, -0.2) is 9.37 Å². The zero-order chi connectivity index (χ0) is 14.0. The Bertz CT molecular complexity index is 717. The maximum atomic E-state index is 13.4. The first-order valence-electron chi connectivity index (χ1n) is 5.34. The van der Waals surface area contributed by atoms with Gasteiger partial charge in [0.25, 0.3) is 10.0 Å². The number of aromatic nitrogens is 1. The highest BCUT2D eigenvalue weighted by atomic mass is 32.2. The van der Waals surface area contributed by atoms with Crippen LogP contribution in [0.4, 0.5) is 10.1 Å². The fourth-order valence-corrected chi connectivity index (χ4v) is 2.63. The molecule has 0 bridgehead atoms. The highest BCUT2D eigenvalue weighted by Gasteiger charge is 2.21. The highest BCUT2D eigenvalue weighted by molar-refractivity contribution is 7.92. The second kappa shape index (κ2) is 4.85. The van der Waals surface area contributed by atoms with E-state index >= 15 is 0 Å². The van der Waals surface area contributed by atoms with Gasteiger partial charge in [0.05, 0.1) is 5.69 Å². The van der Waals surface area contributed by atoms with Crippen molar-refractivity contribution >= 4 is 15.7 Å². The standard InChI is InChI=1S/C12H11FN2O3S/c1-8-10(5-2-6-11(8)16)15-19(17,18)12-9(13)4-3-7-14-12/h2-7,15-16H,1H3. The average molecular weight is 282 g/mol. The van der Waals surface area contributed by atoms with Gasteiger partial charge in [0, 0.05) is 11.8 Å². The van der Waals surface area contributed by atoms with Gasteiger partial charge in [-0.3, -0.25) is 4.72 Å². The number of sulfonamides is 1. The van der Waals surface area contributed by atoms with Crippen molar-refractivity contribution < 1.29 is 17.9 Å². The van der Waals surface area contributed by atoms with E-state index in [0.717, 1.165) is 6.07 Å². The number of aromatic hydroxyl groups is 1. The number of pyridine rings is 1. The molecule has 0 amide bonds. The van der Waals surface area contributed by atoms with Crippen LogP contribution in [0.1, 0.15) is 5.56 Å².